The Balaban J connectivity index is 2.07. The minimum Gasteiger partial charge on any atom is -0.394 e. The van der Waals surface area contributed by atoms with Crippen molar-refractivity contribution in [1.29, 1.82) is 0 Å². The molecule has 5 N–H and O–H groups in total. The number of nitrogen functional groups attached to an aromatic ring is 1. The summed E-state index contributed by atoms with van der Waals surface area (Å²) in [6.07, 6.45) is -2.78. The molecule has 3 heterocycles. The fourth-order valence-corrected chi connectivity index (χ4v) is 2.57. The second-order valence-corrected chi connectivity index (χ2v) is 5.14. The second-order valence-electron chi connectivity index (χ2n) is 4.43. The molecule has 1 fully saturated rings. The summed E-state index contributed by atoms with van der Waals surface area (Å²) in [5, 5.41) is 28.9. The van der Waals surface area contributed by atoms with Gasteiger partial charge in [-0.2, -0.15) is 0 Å². The lowest BCUT2D eigenvalue weighted by Gasteiger charge is -2.16. The number of fused-ring (bicyclic) bond motifs is 1. The van der Waals surface area contributed by atoms with Crippen molar-refractivity contribution in [2.24, 2.45) is 0 Å². The van der Waals surface area contributed by atoms with Crippen molar-refractivity contribution in [2.45, 2.75) is 24.5 Å². The zero-order valence-electron chi connectivity index (χ0n) is 10.1. The smallest absolute Gasteiger partial charge is 0.200 e. The van der Waals surface area contributed by atoms with E-state index in [1.807, 2.05) is 0 Å². The number of anilines is 1. The van der Waals surface area contributed by atoms with Crippen LogP contribution in [0.2, 0.25) is 0 Å². The molecule has 0 aliphatic carbocycles. The Labute approximate surface area is 121 Å². The highest BCUT2D eigenvalue weighted by Gasteiger charge is 2.44. The predicted octanol–water partition coefficient (Wildman–Crippen LogP) is -1.22. The van der Waals surface area contributed by atoms with Crippen molar-refractivity contribution in [3.63, 3.8) is 0 Å². The van der Waals surface area contributed by atoms with Crippen LogP contribution in [0.5, 0.6) is 0 Å². The van der Waals surface area contributed by atoms with Gasteiger partial charge < -0.3 is 25.8 Å². The molecule has 0 spiro atoms. The maximum Gasteiger partial charge on any atom is 0.200 e. The third kappa shape index (κ3) is 1.96. The molecule has 10 heteroatoms. The first-order valence-electron chi connectivity index (χ1n) is 5.81. The van der Waals surface area contributed by atoms with Gasteiger partial charge in [0.15, 0.2) is 17.7 Å². The van der Waals surface area contributed by atoms with Gasteiger partial charge in [0.2, 0.25) is 4.73 Å². The van der Waals surface area contributed by atoms with Crippen LogP contribution in [0.15, 0.2) is 11.1 Å². The van der Waals surface area contributed by atoms with E-state index in [0.717, 1.165) is 0 Å². The standard InChI is InChI=1S/C10H12BrN5O4/c11-10-14-7(12)4-8(15-10)16(2-13-4)9-6(19)5(18)3(1-17)20-9/h2-3,5-6,9,17-19H,1H2,(H2,12,14,15)/t3-,5-,6-,9?/m1/s1. The lowest BCUT2D eigenvalue weighted by Crippen LogP contribution is -2.33. The molecule has 0 bridgehead atoms. The van der Waals surface area contributed by atoms with Crippen molar-refractivity contribution in [3.05, 3.63) is 11.1 Å². The average Bonchev–Trinajstić information content (AvgIpc) is 2.93. The molecule has 9 nitrogen and oxygen atoms in total. The Morgan fingerprint density at radius 3 is 2.75 bits per heavy atom. The van der Waals surface area contributed by atoms with Gasteiger partial charge in [0.05, 0.1) is 12.9 Å². The maximum atomic E-state index is 10.0. The Morgan fingerprint density at radius 1 is 1.35 bits per heavy atom. The summed E-state index contributed by atoms with van der Waals surface area (Å²) in [4.78, 5) is 12.1. The molecule has 2 aromatic heterocycles. The number of hydrogen-bond acceptors (Lipinski definition) is 8. The van der Waals surface area contributed by atoms with Crippen LogP contribution in [-0.2, 0) is 4.74 Å². The number of aromatic nitrogens is 4. The molecule has 108 valence electrons. The highest BCUT2D eigenvalue weighted by Crippen LogP contribution is 2.32. The van der Waals surface area contributed by atoms with Crippen LogP contribution in [0.3, 0.4) is 0 Å². The first kappa shape index (κ1) is 13.6. The van der Waals surface area contributed by atoms with Gasteiger partial charge in [-0.05, 0) is 15.9 Å². The zero-order chi connectivity index (χ0) is 14.4. The Hall–Kier alpha value is -1.33. The van der Waals surface area contributed by atoms with Crippen LogP contribution in [0.4, 0.5) is 5.82 Å². The number of nitrogens with two attached hydrogens (primary N) is 1. The molecule has 1 aliphatic heterocycles. The van der Waals surface area contributed by atoms with E-state index < -0.39 is 31.1 Å². The van der Waals surface area contributed by atoms with Gasteiger partial charge >= 0.3 is 0 Å². The van der Waals surface area contributed by atoms with E-state index in [9.17, 15) is 10.2 Å². The highest BCUT2D eigenvalue weighted by molar-refractivity contribution is 9.10. The minimum atomic E-state index is -1.21. The summed E-state index contributed by atoms with van der Waals surface area (Å²) in [5.74, 6) is 0.187. The van der Waals surface area contributed by atoms with Gasteiger partial charge in [-0.1, -0.05) is 0 Å². The average molecular weight is 346 g/mol. The largest absolute Gasteiger partial charge is 0.394 e. The van der Waals surface area contributed by atoms with Gasteiger partial charge in [-0.25, -0.2) is 15.0 Å². The number of imidazole rings is 1. The number of ether oxygens (including phenoxy) is 1. The fraction of sp³-hybridized carbons (Fsp3) is 0.500. The monoisotopic (exact) mass is 345 g/mol. The van der Waals surface area contributed by atoms with Crippen LogP contribution in [0, 0.1) is 0 Å². The Bertz CT molecular complexity index is 650. The quantitative estimate of drug-likeness (QED) is 0.496. The first-order valence-corrected chi connectivity index (χ1v) is 6.60. The van der Waals surface area contributed by atoms with Crippen molar-refractivity contribution in [3.8, 4) is 0 Å². The number of aliphatic hydroxyl groups is 3. The Morgan fingerprint density at radius 2 is 2.10 bits per heavy atom. The molecular formula is C10H12BrN5O4. The summed E-state index contributed by atoms with van der Waals surface area (Å²) in [7, 11) is 0. The summed E-state index contributed by atoms with van der Waals surface area (Å²) >= 11 is 3.13. The molecule has 0 radical (unpaired) electrons. The molecule has 20 heavy (non-hydrogen) atoms. The van der Waals surface area contributed by atoms with Crippen molar-refractivity contribution < 1.29 is 20.1 Å². The normalized spacial score (nSPS) is 30.2. The number of halogens is 1. The zero-order valence-corrected chi connectivity index (χ0v) is 11.7. The van der Waals surface area contributed by atoms with E-state index in [1.165, 1.54) is 10.9 Å². The lowest BCUT2D eigenvalue weighted by atomic mass is 10.1. The van der Waals surface area contributed by atoms with Crippen molar-refractivity contribution in [1.82, 2.24) is 19.5 Å². The molecular weight excluding hydrogens is 334 g/mol. The fourth-order valence-electron chi connectivity index (χ4n) is 2.21. The summed E-state index contributed by atoms with van der Waals surface area (Å²) in [6, 6.07) is 0. The van der Waals surface area contributed by atoms with Gasteiger partial charge in [-0.15, -0.1) is 0 Å². The summed E-state index contributed by atoms with van der Waals surface area (Å²) in [5.41, 5.74) is 6.46. The van der Waals surface area contributed by atoms with Gasteiger partial charge in [0.25, 0.3) is 0 Å². The molecule has 0 saturated carbocycles. The molecule has 3 rings (SSSR count). The summed E-state index contributed by atoms with van der Waals surface area (Å²) < 4.78 is 7.14. The molecule has 4 atom stereocenters. The number of rotatable bonds is 2. The topological polar surface area (TPSA) is 140 Å². The highest BCUT2D eigenvalue weighted by atomic mass is 79.9. The molecule has 2 aromatic rings. The van der Waals surface area contributed by atoms with E-state index >= 15 is 0 Å². The van der Waals surface area contributed by atoms with Gasteiger partial charge in [0.1, 0.15) is 23.8 Å². The van der Waals surface area contributed by atoms with Crippen LogP contribution in [0.25, 0.3) is 11.2 Å². The van der Waals surface area contributed by atoms with E-state index in [-0.39, 0.29) is 10.6 Å². The van der Waals surface area contributed by atoms with Crippen LogP contribution < -0.4 is 5.73 Å². The lowest BCUT2D eigenvalue weighted by molar-refractivity contribution is -0.0511. The summed E-state index contributed by atoms with van der Waals surface area (Å²) in [6.45, 7) is -0.401. The number of hydrogen-bond donors (Lipinski definition) is 4. The van der Waals surface area contributed by atoms with Crippen molar-refractivity contribution >= 4 is 32.9 Å². The SMILES string of the molecule is Nc1nc(Br)nc2c1ncn2C1O[C@H](CO)[C@@H](O)[C@H]1O. The molecule has 1 unspecified atom stereocenters. The predicted molar refractivity (Wildman–Crippen MR) is 70.4 cm³/mol. The Kier molecular flexibility index (Phi) is 3.34. The van der Waals surface area contributed by atoms with E-state index in [0.29, 0.717) is 11.2 Å². The van der Waals surface area contributed by atoms with Crippen LogP contribution in [-0.4, -0.2) is 59.8 Å². The van der Waals surface area contributed by atoms with E-state index in [1.54, 1.807) is 0 Å². The third-order valence-corrected chi connectivity index (χ3v) is 3.57. The minimum absolute atomic E-state index is 0.187. The molecule has 1 aliphatic rings. The second kappa shape index (κ2) is 4.90. The van der Waals surface area contributed by atoms with Crippen molar-refractivity contribution in [2.75, 3.05) is 12.3 Å². The van der Waals surface area contributed by atoms with E-state index in [4.69, 9.17) is 15.6 Å². The third-order valence-electron chi connectivity index (χ3n) is 3.21. The molecule has 0 amide bonds. The first-order chi connectivity index (χ1) is 9.52. The number of aliphatic hydroxyl groups excluding tert-OH is 3. The van der Waals surface area contributed by atoms with Crippen LogP contribution in [0.1, 0.15) is 6.23 Å². The molecule has 0 aromatic carbocycles. The molecule has 1 saturated heterocycles. The maximum absolute atomic E-state index is 10.0. The van der Waals surface area contributed by atoms with E-state index in [2.05, 4.69) is 30.9 Å². The van der Waals surface area contributed by atoms with Gasteiger partial charge in [-0.3, -0.25) is 4.57 Å². The van der Waals surface area contributed by atoms with Gasteiger partial charge in [0, 0.05) is 0 Å². The number of nitrogens with zero attached hydrogens (tertiary/aromatic N) is 4. The van der Waals surface area contributed by atoms with Crippen LogP contribution >= 0.6 is 15.9 Å².